The topological polar surface area (TPSA) is 73.4 Å². The predicted molar refractivity (Wildman–Crippen MR) is 109 cm³/mol. The fraction of sp³-hybridized carbons (Fsp3) is 0.217. The van der Waals surface area contributed by atoms with Crippen LogP contribution in [0.1, 0.15) is 31.9 Å². The monoisotopic (exact) mass is 392 g/mol. The van der Waals surface area contributed by atoms with Crippen LogP contribution in [0.3, 0.4) is 0 Å². The van der Waals surface area contributed by atoms with Crippen LogP contribution in [0.2, 0.25) is 0 Å². The standard InChI is InChI=1S/C23H21FN2O3/c1-13(2)11-19(27)20-21(17-12-25-18-6-4-3-5-16(17)18)26(23(29)22(20)28)15-9-7-14(24)8-10-15/h3-10,12-13,21,25,28H,11H2,1-2H3. The Bertz CT molecular complexity index is 1130. The molecule has 4 rings (SSSR count). The molecule has 0 bridgehead atoms. The average Bonchev–Trinajstić information content (AvgIpc) is 3.21. The van der Waals surface area contributed by atoms with Gasteiger partial charge in [-0.05, 0) is 36.2 Å². The van der Waals surface area contributed by atoms with Crippen molar-refractivity contribution in [2.75, 3.05) is 4.90 Å². The van der Waals surface area contributed by atoms with E-state index in [1.54, 1.807) is 6.20 Å². The van der Waals surface area contributed by atoms with Crippen molar-refractivity contribution in [1.82, 2.24) is 4.98 Å². The minimum atomic E-state index is -0.796. The number of aliphatic hydroxyl groups is 1. The van der Waals surface area contributed by atoms with E-state index in [1.165, 1.54) is 29.2 Å². The van der Waals surface area contributed by atoms with Gasteiger partial charge in [0.2, 0.25) is 0 Å². The molecule has 6 heteroatoms. The van der Waals surface area contributed by atoms with E-state index < -0.39 is 23.5 Å². The number of aromatic amines is 1. The van der Waals surface area contributed by atoms with Crippen LogP contribution in [0.15, 0.2) is 66.1 Å². The van der Waals surface area contributed by atoms with E-state index >= 15 is 0 Å². The van der Waals surface area contributed by atoms with Crippen LogP contribution >= 0.6 is 0 Å². The summed E-state index contributed by atoms with van der Waals surface area (Å²) in [6.45, 7) is 3.81. The molecule has 1 aromatic heterocycles. The number of nitrogens with zero attached hydrogens (tertiary/aromatic N) is 1. The Kier molecular flexibility index (Phi) is 4.70. The van der Waals surface area contributed by atoms with Gasteiger partial charge in [-0.25, -0.2) is 4.39 Å². The number of aromatic nitrogens is 1. The van der Waals surface area contributed by atoms with Gasteiger partial charge in [0.15, 0.2) is 11.5 Å². The fourth-order valence-electron chi connectivity index (χ4n) is 3.85. The maximum Gasteiger partial charge on any atom is 0.294 e. The summed E-state index contributed by atoms with van der Waals surface area (Å²) in [5.41, 5.74) is 2.05. The van der Waals surface area contributed by atoms with Gasteiger partial charge in [-0.1, -0.05) is 32.0 Å². The maximum atomic E-state index is 13.5. The molecule has 2 aromatic carbocycles. The van der Waals surface area contributed by atoms with Crippen LogP contribution in [-0.2, 0) is 9.59 Å². The Balaban J connectivity index is 1.91. The SMILES string of the molecule is CC(C)CC(=O)C1=C(O)C(=O)N(c2ccc(F)cc2)C1c1c[nH]c2ccccc12. The maximum absolute atomic E-state index is 13.5. The zero-order chi connectivity index (χ0) is 20.7. The van der Waals surface area contributed by atoms with Crippen molar-refractivity contribution in [3.8, 4) is 0 Å². The van der Waals surface area contributed by atoms with Crippen molar-refractivity contribution in [1.29, 1.82) is 0 Å². The highest BCUT2D eigenvalue weighted by molar-refractivity contribution is 6.17. The first-order valence-corrected chi connectivity index (χ1v) is 9.50. The molecule has 0 saturated heterocycles. The van der Waals surface area contributed by atoms with Crippen molar-refractivity contribution in [2.45, 2.75) is 26.3 Å². The Morgan fingerprint density at radius 1 is 1.17 bits per heavy atom. The van der Waals surface area contributed by atoms with E-state index in [0.29, 0.717) is 11.3 Å². The number of fused-ring (bicyclic) bond motifs is 1. The Labute approximate surface area is 167 Å². The van der Waals surface area contributed by atoms with Crippen molar-refractivity contribution >= 4 is 28.3 Å². The molecule has 1 unspecified atom stereocenters. The van der Waals surface area contributed by atoms with E-state index in [0.717, 1.165) is 10.9 Å². The fourth-order valence-corrected chi connectivity index (χ4v) is 3.85. The second kappa shape index (κ2) is 7.20. The number of Topliss-reactive ketones (excluding diaryl/α,β-unsaturated/α-hetero) is 1. The van der Waals surface area contributed by atoms with Gasteiger partial charge >= 0.3 is 0 Å². The molecule has 2 heterocycles. The normalized spacial score (nSPS) is 17.0. The lowest BCUT2D eigenvalue weighted by molar-refractivity contribution is -0.118. The van der Waals surface area contributed by atoms with Gasteiger partial charge in [0.05, 0.1) is 11.6 Å². The van der Waals surface area contributed by atoms with Crippen LogP contribution in [0.25, 0.3) is 10.9 Å². The first-order valence-electron chi connectivity index (χ1n) is 9.50. The van der Waals surface area contributed by atoms with Crippen LogP contribution < -0.4 is 4.90 Å². The van der Waals surface area contributed by atoms with Gasteiger partial charge in [0.1, 0.15) is 5.82 Å². The quantitative estimate of drug-likeness (QED) is 0.654. The van der Waals surface area contributed by atoms with Crippen LogP contribution in [0, 0.1) is 11.7 Å². The Morgan fingerprint density at radius 3 is 2.55 bits per heavy atom. The molecule has 0 radical (unpaired) electrons. The highest BCUT2D eigenvalue weighted by atomic mass is 19.1. The summed E-state index contributed by atoms with van der Waals surface area (Å²) in [6.07, 6.45) is 1.96. The summed E-state index contributed by atoms with van der Waals surface area (Å²) >= 11 is 0. The van der Waals surface area contributed by atoms with Crippen molar-refractivity contribution in [3.05, 3.63) is 77.4 Å². The molecular weight excluding hydrogens is 371 g/mol. The molecule has 148 valence electrons. The summed E-state index contributed by atoms with van der Waals surface area (Å²) in [7, 11) is 0. The summed E-state index contributed by atoms with van der Waals surface area (Å²) < 4.78 is 13.5. The van der Waals surface area contributed by atoms with Crippen LogP contribution in [-0.4, -0.2) is 21.8 Å². The number of halogens is 1. The molecule has 1 atom stereocenters. The highest BCUT2D eigenvalue weighted by Gasteiger charge is 2.45. The number of anilines is 1. The first-order chi connectivity index (χ1) is 13.9. The van der Waals surface area contributed by atoms with Crippen molar-refractivity contribution in [2.24, 2.45) is 5.92 Å². The van der Waals surface area contributed by atoms with E-state index in [-0.39, 0.29) is 23.7 Å². The number of aliphatic hydroxyl groups excluding tert-OH is 1. The smallest absolute Gasteiger partial charge is 0.294 e. The number of ketones is 1. The molecule has 0 saturated carbocycles. The van der Waals surface area contributed by atoms with Crippen LogP contribution in [0.5, 0.6) is 0 Å². The molecule has 1 aliphatic rings. The number of carbonyl (C=O) groups is 2. The molecule has 1 aliphatic heterocycles. The second-order valence-corrected chi connectivity index (χ2v) is 7.63. The first kappa shape index (κ1) is 18.9. The van der Waals surface area contributed by atoms with E-state index in [2.05, 4.69) is 4.98 Å². The molecule has 0 spiro atoms. The minimum Gasteiger partial charge on any atom is -0.503 e. The molecule has 5 nitrogen and oxygen atoms in total. The number of rotatable bonds is 5. The number of hydrogen-bond donors (Lipinski definition) is 2. The number of nitrogens with one attached hydrogen (secondary N) is 1. The Morgan fingerprint density at radius 2 is 1.86 bits per heavy atom. The molecule has 29 heavy (non-hydrogen) atoms. The third kappa shape index (κ3) is 3.20. The molecule has 2 N–H and O–H groups in total. The minimum absolute atomic E-state index is 0.0707. The van der Waals surface area contributed by atoms with Gasteiger partial charge in [0.25, 0.3) is 5.91 Å². The number of hydrogen-bond acceptors (Lipinski definition) is 3. The van der Waals surface area contributed by atoms with Gasteiger partial charge in [0, 0.05) is 34.8 Å². The number of carbonyl (C=O) groups excluding carboxylic acids is 2. The van der Waals surface area contributed by atoms with Gasteiger partial charge in [-0.2, -0.15) is 0 Å². The third-order valence-corrected chi connectivity index (χ3v) is 5.12. The van der Waals surface area contributed by atoms with Gasteiger partial charge in [-0.3, -0.25) is 14.5 Å². The second-order valence-electron chi connectivity index (χ2n) is 7.63. The largest absolute Gasteiger partial charge is 0.503 e. The third-order valence-electron chi connectivity index (χ3n) is 5.12. The van der Waals surface area contributed by atoms with E-state index in [1.807, 2.05) is 38.1 Å². The summed E-state index contributed by atoms with van der Waals surface area (Å²) in [5.74, 6) is -1.85. The van der Waals surface area contributed by atoms with Crippen molar-refractivity contribution in [3.63, 3.8) is 0 Å². The van der Waals surface area contributed by atoms with Crippen molar-refractivity contribution < 1.29 is 19.1 Å². The Hall–Kier alpha value is -3.41. The summed E-state index contributed by atoms with van der Waals surface area (Å²) in [6, 6.07) is 12.2. The van der Waals surface area contributed by atoms with Crippen LogP contribution in [0.4, 0.5) is 10.1 Å². The lowest BCUT2D eigenvalue weighted by atomic mass is 9.92. The summed E-state index contributed by atoms with van der Waals surface area (Å²) in [4.78, 5) is 30.5. The molecule has 3 aromatic rings. The zero-order valence-electron chi connectivity index (χ0n) is 16.1. The lowest BCUT2D eigenvalue weighted by Gasteiger charge is -2.26. The number of para-hydroxylation sites is 1. The number of H-pyrrole nitrogens is 1. The lowest BCUT2D eigenvalue weighted by Crippen LogP contribution is -2.31. The zero-order valence-corrected chi connectivity index (χ0v) is 16.1. The average molecular weight is 392 g/mol. The van der Waals surface area contributed by atoms with Gasteiger partial charge < -0.3 is 10.1 Å². The predicted octanol–water partition coefficient (Wildman–Crippen LogP) is 4.82. The van der Waals surface area contributed by atoms with E-state index in [9.17, 15) is 19.1 Å². The van der Waals surface area contributed by atoms with Gasteiger partial charge in [-0.15, -0.1) is 0 Å². The molecule has 1 amide bonds. The molecule has 0 fully saturated rings. The summed E-state index contributed by atoms with van der Waals surface area (Å²) in [5, 5.41) is 11.5. The number of benzene rings is 2. The van der Waals surface area contributed by atoms with E-state index in [4.69, 9.17) is 0 Å². The number of amides is 1. The highest BCUT2D eigenvalue weighted by Crippen LogP contribution is 2.43. The molecule has 0 aliphatic carbocycles. The molecular formula is C23H21FN2O3.